The van der Waals surface area contributed by atoms with E-state index in [0.717, 1.165) is 50.3 Å². The van der Waals surface area contributed by atoms with Crippen LogP contribution in [0.3, 0.4) is 0 Å². The number of hydrogen-bond acceptors (Lipinski definition) is 4. The van der Waals surface area contributed by atoms with E-state index in [4.69, 9.17) is 9.47 Å². The van der Waals surface area contributed by atoms with Crippen LogP contribution in [0.15, 0.2) is 12.1 Å². The third-order valence-corrected chi connectivity index (χ3v) is 3.94. The molecule has 1 aliphatic rings. The molecule has 0 amide bonds. The largest absolute Gasteiger partial charge is 0.474 e. The van der Waals surface area contributed by atoms with E-state index in [1.54, 1.807) is 7.11 Å². The molecule has 0 bridgehead atoms. The molecule has 1 N–H and O–H groups in total. The molecule has 0 spiro atoms. The Bertz CT molecular complexity index is 437. The third-order valence-electron chi connectivity index (χ3n) is 3.94. The maximum atomic E-state index is 6.10. The molecule has 1 saturated carbocycles. The molecule has 0 aromatic carbocycles. The van der Waals surface area contributed by atoms with Crippen molar-refractivity contribution in [2.24, 2.45) is 0 Å². The SMILES string of the molecule is CCCNCc1cc(C)nc(OC2CCCC(OC)C2)c1. The molecule has 0 radical (unpaired) electrons. The summed E-state index contributed by atoms with van der Waals surface area (Å²) >= 11 is 0. The van der Waals surface area contributed by atoms with Crippen LogP contribution in [0.25, 0.3) is 0 Å². The van der Waals surface area contributed by atoms with Gasteiger partial charge in [0.05, 0.1) is 6.10 Å². The van der Waals surface area contributed by atoms with Crippen molar-refractivity contribution in [2.45, 2.75) is 64.7 Å². The number of rotatable bonds is 7. The van der Waals surface area contributed by atoms with Gasteiger partial charge in [-0.05, 0) is 50.8 Å². The molecule has 1 fully saturated rings. The number of nitrogens with zero attached hydrogens (tertiary/aromatic N) is 1. The zero-order valence-electron chi connectivity index (χ0n) is 13.5. The molecule has 0 saturated heterocycles. The lowest BCUT2D eigenvalue weighted by Crippen LogP contribution is -2.29. The van der Waals surface area contributed by atoms with Crippen LogP contribution in [0.5, 0.6) is 5.88 Å². The highest BCUT2D eigenvalue weighted by Gasteiger charge is 2.23. The standard InChI is InChI=1S/C17H28N2O2/c1-4-8-18-12-14-9-13(2)19-17(10-14)21-16-7-5-6-15(11-16)20-3/h9-10,15-16,18H,4-8,11-12H2,1-3H3. The smallest absolute Gasteiger partial charge is 0.214 e. The zero-order valence-corrected chi connectivity index (χ0v) is 13.5. The minimum atomic E-state index is 0.231. The fourth-order valence-electron chi connectivity index (χ4n) is 2.87. The first-order valence-electron chi connectivity index (χ1n) is 8.09. The van der Waals surface area contributed by atoms with Crippen molar-refractivity contribution < 1.29 is 9.47 Å². The van der Waals surface area contributed by atoms with Crippen LogP contribution >= 0.6 is 0 Å². The van der Waals surface area contributed by atoms with Crippen molar-refractivity contribution in [1.29, 1.82) is 0 Å². The summed E-state index contributed by atoms with van der Waals surface area (Å²) in [6.07, 6.45) is 6.08. The van der Waals surface area contributed by atoms with Gasteiger partial charge in [-0.15, -0.1) is 0 Å². The summed E-state index contributed by atoms with van der Waals surface area (Å²) < 4.78 is 11.6. The van der Waals surface area contributed by atoms with Gasteiger partial charge in [-0.2, -0.15) is 0 Å². The lowest BCUT2D eigenvalue weighted by molar-refractivity contribution is 0.0194. The molecule has 4 heteroatoms. The van der Waals surface area contributed by atoms with Crippen molar-refractivity contribution >= 4 is 0 Å². The average molecular weight is 292 g/mol. The minimum Gasteiger partial charge on any atom is -0.474 e. The fraction of sp³-hybridized carbons (Fsp3) is 0.706. The van der Waals surface area contributed by atoms with Gasteiger partial charge in [0.1, 0.15) is 6.10 Å². The van der Waals surface area contributed by atoms with E-state index in [2.05, 4.69) is 29.4 Å². The van der Waals surface area contributed by atoms with E-state index in [0.29, 0.717) is 6.10 Å². The second kappa shape index (κ2) is 8.35. The number of aromatic nitrogens is 1. The van der Waals surface area contributed by atoms with Gasteiger partial charge in [0.25, 0.3) is 0 Å². The van der Waals surface area contributed by atoms with E-state index in [1.165, 1.54) is 12.0 Å². The van der Waals surface area contributed by atoms with E-state index >= 15 is 0 Å². The van der Waals surface area contributed by atoms with Crippen molar-refractivity contribution in [2.75, 3.05) is 13.7 Å². The lowest BCUT2D eigenvalue weighted by Gasteiger charge is -2.28. The highest BCUT2D eigenvalue weighted by molar-refractivity contribution is 5.24. The maximum absolute atomic E-state index is 6.10. The molecule has 1 heterocycles. The zero-order chi connectivity index (χ0) is 15.1. The Balaban J connectivity index is 1.95. The van der Waals surface area contributed by atoms with Crippen LogP contribution in [-0.2, 0) is 11.3 Å². The minimum absolute atomic E-state index is 0.231. The van der Waals surface area contributed by atoms with Crippen molar-refractivity contribution in [3.05, 3.63) is 23.4 Å². The quantitative estimate of drug-likeness (QED) is 0.784. The normalized spacial score (nSPS) is 22.2. The van der Waals surface area contributed by atoms with E-state index in [-0.39, 0.29) is 6.10 Å². The van der Waals surface area contributed by atoms with Gasteiger partial charge in [0.15, 0.2) is 0 Å². The summed E-state index contributed by atoms with van der Waals surface area (Å²) in [6.45, 7) is 6.11. The molecule has 0 aliphatic heterocycles. The van der Waals surface area contributed by atoms with E-state index < -0.39 is 0 Å². The molecule has 2 rings (SSSR count). The second-order valence-corrected chi connectivity index (χ2v) is 5.90. The van der Waals surface area contributed by atoms with Crippen LogP contribution in [0.1, 0.15) is 50.3 Å². The van der Waals surface area contributed by atoms with Crippen LogP contribution in [0, 0.1) is 6.92 Å². The fourth-order valence-corrected chi connectivity index (χ4v) is 2.87. The van der Waals surface area contributed by atoms with Gasteiger partial charge in [-0.1, -0.05) is 6.92 Å². The molecule has 1 aliphatic carbocycles. The Kier molecular flexibility index (Phi) is 6.46. The molecule has 118 valence electrons. The Hall–Kier alpha value is -1.13. The van der Waals surface area contributed by atoms with Crippen LogP contribution in [0.2, 0.25) is 0 Å². The van der Waals surface area contributed by atoms with Gasteiger partial charge in [-0.25, -0.2) is 4.98 Å². The van der Waals surface area contributed by atoms with Gasteiger partial charge < -0.3 is 14.8 Å². The topological polar surface area (TPSA) is 43.4 Å². The summed E-state index contributed by atoms with van der Waals surface area (Å²) in [6, 6.07) is 4.18. The number of pyridine rings is 1. The predicted octanol–water partition coefficient (Wildman–Crippen LogP) is 3.23. The van der Waals surface area contributed by atoms with Crippen molar-refractivity contribution in [3.63, 3.8) is 0 Å². The van der Waals surface area contributed by atoms with E-state index in [1.807, 2.05) is 6.92 Å². The summed E-state index contributed by atoms with van der Waals surface area (Å²) in [4.78, 5) is 4.52. The monoisotopic (exact) mass is 292 g/mol. The second-order valence-electron chi connectivity index (χ2n) is 5.90. The van der Waals surface area contributed by atoms with Gasteiger partial charge in [0, 0.05) is 31.8 Å². The van der Waals surface area contributed by atoms with Gasteiger partial charge in [0.2, 0.25) is 5.88 Å². The molecular weight excluding hydrogens is 264 g/mol. The highest BCUT2D eigenvalue weighted by Crippen LogP contribution is 2.25. The Morgan fingerprint density at radius 2 is 2.10 bits per heavy atom. The van der Waals surface area contributed by atoms with Crippen LogP contribution in [0.4, 0.5) is 0 Å². The maximum Gasteiger partial charge on any atom is 0.214 e. The Morgan fingerprint density at radius 3 is 2.86 bits per heavy atom. The number of ether oxygens (including phenoxy) is 2. The molecule has 1 aromatic heterocycles. The Morgan fingerprint density at radius 1 is 1.29 bits per heavy atom. The molecule has 1 aromatic rings. The summed E-state index contributed by atoms with van der Waals surface area (Å²) in [5, 5.41) is 3.42. The van der Waals surface area contributed by atoms with Crippen LogP contribution < -0.4 is 10.1 Å². The summed E-state index contributed by atoms with van der Waals surface area (Å²) in [5.41, 5.74) is 2.25. The third kappa shape index (κ3) is 5.29. The number of methoxy groups -OCH3 is 1. The Labute approximate surface area is 128 Å². The number of nitrogens with one attached hydrogen (secondary N) is 1. The molecule has 4 nitrogen and oxygen atoms in total. The number of hydrogen-bond donors (Lipinski definition) is 1. The van der Waals surface area contributed by atoms with E-state index in [9.17, 15) is 0 Å². The first kappa shape index (κ1) is 16.2. The summed E-state index contributed by atoms with van der Waals surface area (Å²) in [5.74, 6) is 0.755. The van der Waals surface area contributed by atoms with Gasteiger partial charge >= 0.3 is 0 Å². The number of aryl methyl sites for hydroxylation is 1. The van der Waals surface area contributed by atoms with Crippen molar-refractivity contribution in [3.8, 4) is 5.88 Å². The first-order valence-corrected chi connectivity index (χ1v) is 8.09. The van der Waals surface area contributed by atoms with Crippen molar-refractivity contribution in [1.82, 2.24) is 10.3 Å². The molecule has 21 heavy (non-hydrogen) atoms. The molecular formula is C17H28N2O2. The molecule has 2 unspecified atom stereocenters. The summed E-state index contributed by atoms with van der Waals surface area (Å²) in [7, 11) is 1.79. The predicted molar refractivity (Wildman–Crippen MR) is 84.7 cm³/mol. The lowest BCUT2D eigenvalue weighted by atomic mass is 9.95. The highest BCUT2D eigenvalue weighted by atomic mass is 16.5. The van der Waals surface area contributed by atoms with Crippen LogP contribution in [-0.4, -0.2) is 30.8 Å². The van der Waals surface area contributed by atoms with Gasteiger partial charge in [-0.3, -0.25) is 0 Å². The first-order chi connectivity index (χ1) is 10.2. The average Bonchev–Trinajstić information content (AvgIpc) is 2.47. The molecule has 2 atom stereocenters.